The fourth-order valence-corrected chi connectivity index (χ4v) is 1.60. The third kappa shape index (κ3) is 2.32. The summed E-state index contributed by atoms with van der Waals surface area (Å²) in [6.07, 6.45) is 0.792. The SMILES string of the molecule is CCC(CC)(Nc1ccccc1F)C(=O)O. The van der Waals surface area contributed by atoms with Crippen LogP contribution in [0.2, 0.25) is 0 Å². The number of para-hydroxylation sites is 1. The maximum Gasteiger partial charge on any atom is 0.329 e. The van der Waals surface area contributed by atoms with E-state index in [1.54, 1.807) is 32.0 Å². The minimum Gasteiger partial charge on any atom is -0.480 e. The highest BCUT2D eigenvalue weighted by Crippen LogP contribution is 2.24. The Balaban J connectivity index is 3.01. The van der Waals surface area contributed by atoms with E-state index < -0.39 is 17.3 Å². The minimum atomic E-state index is -1.10. The van der Waals surface area contributed by atoms with Crippen molar-refractivity contribution < 1.29 is 14.3 Å². The van der Waals surface area contributed by atoms with Crippen molar-refractivity contribution in [2.75, 3.05) is 5.32 Å². The van der Waals surface area contributed by atoms with Crippen LogP contribution in [-0.4, -0.2) is 16.6 Å². The lowest BCUT2D eigenvalue weighted by molar-refractivity contribution is -0.142. The lowest BCUT2D eigenvalue weighted by Gasteiger charge is -2.29. The number of carboxylic acids is 1. The standard InChI is InChI=1S/C12H16FNO2/c1-3-12(4-2,11(15)16)14-10-8-6-5-7-9(10)13/h5-8,14H,3-4H2,1-2H3,(H,15,16). The largest absolute Gasteiger partial charge is 0.480 e. The first-order valence-corrected chi connectivity index (χ1v) is 5.32. The number of aliphatic carboxylic acids is 1. The molecule has 3 nitrogen and oxygen atoms in total. The maximum absolute atomic E-state index is 13.4. The second-order valence-corrected chi connectivity index (χ2v) is 3.70. The van der Waals surface area contributed by atoms with E-state index in [0.717, 1.165) is 0 Å². The monoisotopic (exact) mass is 225 g/mol. The molecule has 88 valence electrons. The number of nitrogens with one attached hydrogen (secondary N) is 1. The van der Waals surface area contributed by atoms with E-state index in [2.05, 4.69) is 5.32 Å². The molecular weight excluding hydrogens is 209 g/mol. The molecule has 0 saturated heterocycles. The Morgan fingerprint density at radius 1 is 1.38 bits per heavy atom. The van der Waals surface area contributed by atoms with E-state index in [9.17, 15) is 14.3 Å². The van der Waals surface area contributed by atoms with Crippen LogP contribution in [0.15, 0.2) is 24.3 Å². The summed E-state index contributed by atoms with van der Waals surface area (Å²) in [5.74, 6) is -1.39. The molecule has 4 heteroatoms. The highest BCUT2D eigenvalue weighted by atomic mass is 19.1. The number of rotatable bonds is 5. The minimum absolute atomic E-state index is 0.230. The Bertz CT molecular complexity index is 375. The van der Waals surface area contributed by atoms with Gasteiger partial charge in [0.2, 0.25) is 0 Å². The summed E-state index contributed by atoms with van der Waals surface area (Å²) in [6.45, 7) is 3.54. The molecule has 0 atom stereocenters. The number of halogens is 1. The van der Waals surface area contributed by atoms with Crippen LogP contribution in [0.4, 0.5) is 10.1 Å². The van der Waals surface area contributed by atoms with Crippen LogP contribution in [0, 0.1) is 5.82 Å². The Morgan fingerprint density at radius 2 is 1.94 bits per heavy atom. The predicted molar refractivity (Wildman–Crippen MR) is 61.0 cm³/mol. The van der Waals surface area contributed by atoms with Gasteiger partial charge in [-0.3, -0.25) is 0 Å². The first-order valence-electron chi connectivity index (χ1n) is 5.32. The molecule has 0 spiro atoms. The van der Waals surface area contributed by atoms with Gasteiger partial charge in [-0.2, -0.15) is 0 Å². The van der Waals surface area contributed by atoms with Crippen LogP contribution in [0.3, 0.4) is 0 Å². The van der Waals surface area contributed by atoms with Crippen molar-refractivity contribution in [3.05, 3.63) is 30.1 Å². The van der Waals surface area contributed by atoms with E-state index in [1.807, 2.05) is 0 Å². The lowest BCUT2D eigenvalue weighted by atomic mass is 9.92. The van der Waals surface area contributed by atoms with E-state index in [4.69, 9.17) is 0 Å². The van der Waals surface area contributed by atoms with Crippen LogP contribution in [0.25, 0.3) is 0 Å². The number of carbonyl (C=O) groups is 1. The summed E-state index contributed by atoms with van der Waals surface area (Å²) >= 11 is 0. The number of hydrogen-bond donors (Lipinski definition) is 2. The molecule has 2 N–H and O–H groups in total. The van der Waals surface area contributed by atoms with Gasteiger partial charge < -0.3 is 10.4 Å². The molecule has 0 aliphatic carbocycles. The Labute approximate surface area is 94.3 Å². The Morgan fingerprint density at radius 3 is 2.38 bits per heavy atom. The summed E-state index contributed by atoms with van der Waals surface area (Å²) in [6, 6.07) is 6.09. The number of benzene rings is 1. The third-order valence-electron chi connectivity index (χ3n) is 2.86. The number of carboxylic acid groups (broad SMARTS) is 1. The smallest absolute Gasteiger partial charge is 0.329 e. The van der Waals surface area contributed by atoms with Gasteiger partial charge in [0.05, 0.1) is 5.69 Å². The van der Waals surface area contributed by atoms with Gasteiger partial charge in [-0.15, -0.1) is 0 Å². The molecular formula is C12H16FNO2. The van der Waals surface area contributed by atoms with Gasteiger partial charge in [0, 0.05) is 0 Å². The molecule has 0 fully saturated rings. The van der Waals surface area contributed by atoms with E-state index in [0.29, 0.717) is 12.8 Å². The zero-order valence-electron chi connectivity index (χ0n) is 9.46. The quantitative estimate of drug-likeness (QED) is 0.810. The van der Waals surface area contributed by atoms with Crippen LogP contribution >= 0.6 is 0 Å². The normalized spacial score (nSPS) is 11.2. The first kappa shape index (κ1) is 12.5. The molecule has 0 aliphatic heterocycles. The van der Waals surface area contributed by atoms with Gasteiger partial charge >= 0.3 is 5.97 Å². The molecule has 0 unspecified atom stereocenters. The molecule has 0 bridgehead atoms. The molecule has 1 aromatic rings. The average molecular weight is 225 g/mol. The highest BCUT2D eigenvalue weighted by molar-refractivity contribution is 5.82. The molecule has 0 aliphatic rings. The highest BCUT2D eigenvalue weighted by Gasteiger charge is 2.35. The molecule has 0 saturated carbocycles. The second kappa shape index (κ2) is 4.96. The molecule has 1 rings (SSSR count). The summed E-state index contributed by atoms with van der Waals surface area (Å²) in [5, 5.41) is 12.0. The number of anilines is 1. The first-order chi connectivity index (χ1) is 7.55. The molecule has 1 aromatic carbocycles. The topological polar surface area (TPSA) is 49.3 Å². The van der Waals surface area contributed by atoms with Crippen molar-refractivity contribution in [1.29, 1.82) is 0 Å². The van der Waals surface area contributed by atoms with Gasteiger partial charge in [0.15, 0.2) is 0 Å². The van der Waals surface area contributed by atoms with Gasteiger partial charge in [0.1, 0.15) is 11.4 Å². The molecule has 0 aromatic heterocycles. The summed E-state index contributed by atoms with van der Waals surface area (Å²) in [4.78, 5) is 11.2. The molecule has 16 heavy (non-hydrogen) atoms. The van der Waals surface area contributed by atoms with E-state index >= 15 is 0 Å². The van der Waals surface area contributed by atoms with Crippen molar-refractivity contribution in [2.45, 2.75) is 32.2 Å². The fourth-order valence-electron chi connectivity index (χ4n) is 1.60. The van der Waals surface area contributed by atoms with Gasteiger partial charge in [-0.1, -0.05) is 26.0 Å². The van der Waals surface area contributed by atoms with Crippen LogP contribution in [0.5, 0.6) is 0 Å². The van der Waals surface area contributed by atoms with Gasteiger partial charge in [-0.25, -0.2) is 9.18 Å². The summed E-state index contributed by atoms with van der Waals surface area (Å²) < 4.78 is 13.4. The van der Waals surface area contributed by atoms with E-state index in [1.165, 1.54) is 6.07 Å². The number of hydrogen-bond acceptors (Lipinski definition) is 2. The van der Waals surface area contributed by atoms with Crippen molar-refractivity contribution in [1.82, 2.24) is 0 Å². The van der Waals surface area contributed by atoms with Gasteiger partial charge in [-0.05, 0) is 25.0 Å². The summed E-state index contributed by atoms with van der Waals surface area (Å²) in [7, 11) is 0. The van der Waals surface area contributed by atoms with E-state index in [-0.39, 0.29) is 5.69 Å². The third-order valence-corrected chi connectivity index (χ3v) is 2.86. The molecule has 0 heterocycles. The molecule has 0 amide bonds. The van der Waals surface area contributed by atoms with Gasteiger partial charge in [0.25, 0.3) is 0 Å². The van der Waals surface area contributed by atoms with Crippen molar-refractivity contribution in [3.63, 3.8) is 0 Å². The van der Waals surface area contributed by atoms with Crippen molar-refractivity contribution >= 4 is 11.7 Å². The van der Waals surface area contributed by atoms with Crippen molar-refractivity contribution in [2.24, 2.45) is 0 Å². The van der Waals surface area contributed by atoms with Crippen molar-refractivity contribution in [3.8, 4) is 0 Å². The zero-order chi connectivity index (χ0) is 12.2. The molecule has 0 radical (unpaired) electrons. The Hall–Kier alpha value is -1.58. The lowest BCUT2D eigenvalue weighted by Crippen LogP contribution is -2.45. The predicted octanol–water partition coefficient (Wildman–Crippen LogP) is 2.88. The van der Waals surface area contributed by atoms with Crippen LogP contribution in [-0.2, 0) is 4.79 Å². The van der Waals surface area contributed by atoms with Crippen LogP contribution in [0.1, 0.15) is 26.7 Å². The fraction of sp³-hybridized carbons (Fsp3) is 0.417. The maximum atomic E-state index is 13.4. The Kier molecular flexibility index (Phi) is 3.88. The zero-order valence-corrected chi connectivity index (χ0v) is 9.46. The second-order valence-electron chi connectivity index (χ2n) is 3.70. The average Bonchev–Trinajstić information content (AvgIpc) is 2.28. The van der Waals surface area contributed by atoms with Crippen LogP contribution < -0.4 is 5.32 Å². The summed E-state index contributed by atoms with van der Waals surface area (Å²) in [5.41, 5.74) is -0.865.